The van der Waals surface area contributed by atoms with Crippen LogP contribution in [0.25, 0.3) is 0 Å². The summed E-state index contributed by atoms with van der Waals surface area (Å²) in [5.74, 6) is -0.407. The Hall–Kier alpha value is -2.67. The topological polar surface area (TPSA) is 87.3 Å². The summed E-state index contributed by atoms with van der Waals surface area (Å²) < 4.78 is 0. The highest BCUT2D eigenvalue weighted by Crippen LogP contribution is 2.32. The second kappa shape index (κ2) is 8.81. The Bertz CT molecular complexity index is 832. The van der Waals surface area contributed by atoms with Crippen molar-refractivity contribution < 1.29 is 14.4 Å². The van der Waals surface area contributed by atoms with E-state index in [9.17, 15) is 14.4 Å². The molecule has 0 radical (unpaired) electrons. The molecule has 3 rings (SSSR count). The van der Waals surface area contributed by atoms with Crippen LogP contribution in [0.1, 0.15) is 39.0 Å². The first-order valence-electron chi connectivity index (χ1n) is 9.02. The lowest BCUT2D eigenvalue weighted by molar-refractivity contribution is -0.126. The Kier molecular flexibility index (Phi) is 6.24. The third kappa shape index (κ3) is 5.40. The maximum Gasteiger partial charge on any atom is 0.279 e. The molecule has 1 atom stereocenters. The smallest absolute Gasteiger partial charge is 0.279 e. The number of hydrogen-bond acceptors (Lipinski definition) is 4. The largest absolute Gasteiger partial charge is 0.347 e. The second-order valence-electron chi connectivity index (χ2n) is 6.85. The number of carbonyl (C=O) groups is 3. The van der Waals surface area contributed by atoms with Crippen molar-refractivity contribution in [3.63, 3.8) is 0 Å². The van der Waals surface area contributed by atoms with Gasteiger partial charge in [0.25, 0.3) is 11.8 Å². The number of hydrogen-bond donors (Lipinski definition) is 3. The molecular weight excluding hydrogens is 362 g/mol. The average molecular weight is 385 g/mol. The third-order valence-electron chi connectivity index (χ3n) is 4.52. The first-order valence-corrected chi connectivity index (χ1v) is 9.84. The van der Waals surface area contributed by atoms with Crippen LogP contribution in [0.3, 0.4) is 0 Å². The van der Waals surface area contributed by atoms with Crippen molar-refractivity contribution in [3.8, 4) is 0 Å². The minimum atomic E-state index is -0.472. The fourth-order valence-corrected chi connectivity index (χ4v) is 4.18. The van der Waals surface area contributed by atoms with E-state index in [4.69, 9.17) is 0 Å². The normalized spacial score (nSPS) is 15.5. The molecule has 27 heavy (non-hydrogen) atoms. The van der Waals surface area contributed by atoms with Crippen LogP contribution < -0.4 is 16.2 Å². The van der Waals surface area contributed by atoms with Crippen molar-refractivity contribution >= 4 is 29.1 Å². The zero-order valence-electron chi connectivity index (χ0n) is 15.2. The van der Waals surface area contributed by atoms with Gasteiger partial charge in [0.15, 0.2) is 0 Å². The Balaban J connectivity index is 1.41. The van der Waals surface area contributed by atoms with Gasteiger partial charge in [0.05, 0.1) is 17.8 Å². The monoisotopic (exact) mass is 385 g/mol. The fourth-order valence-electron chi connectivity index (χ4n) is 3.07. The SMILES string of the molecule is C[C@@H]1CCc2sc(C(=O)NNC(=O)CNC(=O)Cc3ccccc3)cc2C1. The molecule has 0 unspecified atom stereocenters. The van der Waals surface area contributed by atoms with Crippen molar-refractivity contribution in [2.75, 3.05) is 6.54 Å². The van der Waals surface area contributed by atoms with E-state index in [1.165, 1.54) is 21.8 Å². The molecule has 3 amide bonds. The van der Waals surface area contributed by atoms with Crippen molar-refractivity contribution in [1.29, 1.82) is 0 Å². The molecule has 0 aliphatic heterocycles. The molecule has 7 heteroatoms. The predicted octanol–water partition coefficient (Wildman–Crippen LogP) is 1.99. The number of nitrogens with one attached hydrogen (secondary N) is 3. The summed E-state index contributed by atoms with van der Waals surface area (Å²) >= 11 is 1.48. The molecule has 1 aromatic carbocycles. The number of rotatable bonds is 5. The molecule has 1 heterocycles. The van der Waals surface area contributed by atoms with Gasteiger partial charge in [0, 0.05) is 4.88 Å². The predicted molar refractivity (Wildman–Crippen MR) is 104 cm³/mol. The average Bonchev–Trinajstić information content (AvgIpc) is 3.08. The molecule has 1 aliphatic carbocycles. The molecule has 0 fully saturated rings. The van der Waals surface area contributed by atoms with E-state index >= 15 is 0 Å². The maximum absolute atomic E-state index is 12.2. The maximum atomic E-state index is 12.2. The van der Waals surface area contributed by atoms with Gasteiger partial charge in [-0.2, -0.15) is 0 Å². The minimum absolute atomic E-state index is 0.190. The Morgan fingerprint density at radius 2 is 1.89 bits per heavy atom. The number of carbonyl (C=O) groups excluding carboxylic acids is 3. The van der Waals surface area contributed by atoms with E-state index in [1.54, 1.807) is 0 Å². The minimum Gasteiger partial charge on any atom is -0.347 e. The number of benzene rings is 1. The summed E-state index contributed by atoms with van der Waals surface area (Å²) in [6.07, 6.45) is 3.36. The molecule has 2 aromatic rings. The highest BCUT2D eigenvalue weighted by atomic mass is 32.1. The van der Waals surface area contributed by atoms with Crippen molar-refractivity contribution in [1.82, 2.24) is 16.2 Å². The van der Waals surface area contributed by atoms with Crippen LogP contribution >= 0.6 is 11.3 Å². The lowest BCUT2D eigenvalue weighted by atomic mass is 9.90. The van der Waals surface area contributed by atoms with E-state index in [0.29, 0.717) is 10.8 Å². The lowest BCUT2D eigenvalue weighted by Crippen LogP contribution is -2.46. The van der Waals surface area contributed by atoms with Crippen LogP contribution in [-0.2, 0) is 28.9 Å². The molecule has 6 nitrogen and oxygen atoms in total. The van der Waals surface area contributed by atoms with E-state index in [1.807, 2.05) is 36.4 Å². The number of aryl methyl sites for hydroxylation is 1. The summed E-state index contributed by atoms with van der Waals surface area (Å²) in [4.78, 5) is 37.8. The van der Waals surface area contributed by atoms with Crippen molar-refractivity contribution in [2.24, 2.45) is 5.92 Å². The van der Waals surface area contributed by atoms with Gasteiger partial charge in [-0.05, 0) is 42.4 Å². The molecule has 0 saturated heterocycles. The third-order valence-corrected chi connectivity index (χ3v) is 5.76. The van der Waals surface area contributed by atoms with Gasteiger partial charge in [-0.25, -0.2) is 0 Å². The van der Waals surface area contributed by atoms with E-state index in [0.717, 1.165) is 24.8 Å². The lowest BCUT2D eigenvalue weighted by Gasteiger charge is -2.16. The zero-order chi connectivity index (χ0) is 19.2. The number of amides is 3. The summed E-state index contributed by atoms with van der Waals surface area (Å²) in [5, 5.41) is 2.54. The van der Waals surface area contributed by atoms with E-state index in [-0.39, 0.29) is 24.8 Å². The molecule has 142 valence electrons. The number of fused-ring (bicyclic) bond motifs is 1. The Morgan fingerprint density at radius 3 is 2.67 bits per heavy atom. The van der Waals surface area contributed by atoms with Crippen molar-refractivity contribution in [2.45, 2.75) is 32.6 Å². The van der Waals surface area contributed by atoms with Gasteiger partial charge in [0.1, 0.15) is 0 Å². The molecule has 0 spiro atoms. The first-order chi connectivity index (χ1) is 13.0. The molecule has 0 bridgehead atoms. The van der Waals surface area contributed by atoms with Gasteiger partial charge in [0.2, 0.25) is 5.91 Å². The van der Waals surface area contributed by atoms with Crippen LogP contribution in [0.4, 0.5) is 0 Å². The van der Waals surface area contributed by atoms with Crippen LogP contribution in [0.2, 0.25) is 0 Å². The molecule has 3 N–H and O–H groups in total. The van der Waals surface area contributed by atoms with E-state index in [2.05, 4.69) is 23.1 Å². The van der Waals surface area contributed by atoms with Gasteiger partial charge < -0.3 is 5.32 Å². The molecule has 1 aromatic heterocycles. The fraction of sp³-hybridized carbons (Fsp3) is 0.350. The quantitative estimate of drug-likeness (QED) is 0.688. The zero-order valence-corrected chi connectivity index (χ0v) is 16.0. The standard InChI is InChI=1S/C20H23N3O3S/c1-13-7-8-16-15(9-13)11-17(27-16)20(26)23-22-19(25)12-21-18(24)10-14-5-3-2-4-6-14/h2-6,11,13H,7-10,12H2,1H3,(H,21,24)(H,22,25)(H,23,26)/t13-/m1/s1. The highest BCUT2D eigenvalue weighted by molar-refractivity contribution is 7.14. The van der Waals surface area contributed by atoms with E-state index < -0.39 is 5.91 Å². The number of thiophene rings is 1. The van der Waals surface area contributed by atoms with Crippen LogP contribution in [0, 0.1) is 5.92 Å². The molecular formula is C20H23N3O3S. The number of hydrazine groups is 1. The molecule has 1 aliphatic rings. The van der Waals surface area contributed by atoms with Crippen LogP contribution in [0.15, 0.2) is 36.4 Å². The Labute approximate surface area is 162 Å². The second-order valence-corrected chi connectivity index (χ2v) is 7.99. The van der Waals surface area contributed by atoms with Gasteiger partial charge >= 0.3 is 0 Å². The van der Waals surface area contributed by atoms with Gasteiger partial charge in [-0.1, -0.05) is 37.3 Å². The summed E-state index contributed by atoms with van der Waals surface area (Å²) in [7, 11) is 0. The highest BCUT2D eigenvalue weighted by Gasteiger charge is 2.20. The van der Waals surface area contributed by atoms with Gasteiger partial charge in [-0.15, -0.1) is 11.3 Å². The van der Waals surface area contributed by atoms with Gasteiger partial charge in [-0.3, -0.25) is 25.2 Å². The van der Waals surface area contributed by atoms with Crippen LogP contribution in [-0.4, -0.2) is 24.3 Å². The summed E-state index contributed by atoms with van der Waals surface area (Å²) in [5.41, 5.74) is 6.87. The van der Waals surface area contributed by atoms with Crippen molar-refractivity contribution in [3.05, 3.63) is 57.3 Å². The summed E-state index contributed by atoms with van der Waals surface area (Å²) in [6, 6.07) is 11.2. The Morgan fingerprint density at radius 1 is 1.11 bits per heavy atom. The summed E-state index contributed by atoms with van der Waals surface area (Å²) in [6.45, 7) is 2.02. The molecule has 0 saturated carbocycles. The first kappa shape index (κ1) is 19.1. The van der Waals surface area contributed by atoms with Crippen LogP contribution in [0.5, 0.6) is 0 Å².